The molecule has 0 saturated carbocycles. The minimum absolute atomic E-state index is 0.0247. The minimum Gasteiger partial charge on any atom is -0.325 e. The van der Waals surface area contributed by atoms with E-state index in [0.717, 1.165) is 12.2 Å². The van der Waals surface area contributed by atoms with Gasteiger partial charge in [-0.2, -0.15) is 0 Å². The second kappa shape index (κ2) is 6.17. The summed E-state index contributed by atoms with van der Waals surface area (Å²) < 4.78 is 0. The smallest absolute Gasteiger partial charge is 0.242 e. The standard InChI is InChI=1S/C15H23N3O/c1-10(2)12-4-6-13(7-5-12)18-15(19)14-9-16-11(3)8-17-14/h4-7,10-11,14,16-17H,8-9H2,1-3H3,(H,18,19). The molecule has 1 fully saturated rings. The highest BCUT2D eigenvalue weighted by atomic mass is 16.2. The monoisotopic (exact) mass is 261 g/mol. The summed E-state index contributed by atoms with van der Waals surface area (Å²) in [5, 5.41) is 9.49. The highest BCUT2D eigenvalue weighted by Crippen LogP contribution is 2.17. The van der Waals surface area contributed by atoms with E-state index >= 15 is 0 Å². The van der Waals surface area contributed by atoms with E-state index in [0.29, 0.717) is 18.5 Å². The number of amides is 1. The van der Waals surface area contributed by atoms with Crippen molar-refractivity contribution in [3.8, 4) is 0 Å². The van der Waals surface area contributed by atoms with Gasteiger partial charge in [-0.25, -0.2) is 0 Å². The average molecular weight is 261 g/mol. The maximum atomic E-state index is 12.1. The Morgan fingerprint density at radius 2 is 1.89 bits per heavy atom. The van der Waals surface area contributed by atoms with Gasteiger partial charge in [-0.05, 0) is 30.5 Å². The van der Waals surface area contributed by atoms with E-state index in [9.17, 15) is 4.79 Å². The number of rotatable bonds is 3. The molecule has 1 aliphatic rings. The van der Waals surface area contributed by atoms with Crippen LogP contribution in [0.2, 0.25) is 0 Å². The molecular weight excluding hydrogens is 238 g/mol. The summed E-state index contributed by atoms with van der Waals surface area (Å²) >= 11 is 0. The molecule has 4 heteroatoms. The van der Waals surface area contributed by atoms with Gasteiger partial charge in [0.2, 0.25) is 5.91 Å². The van der Waals surface area contributed by atoms with Crippen molar-refractivity contribution in [2.24, 2.45) is 0 Å². The van der Waals surface area contributed by atoms with Gasteiger partial charge in [0.05, 0.1) is 6.04 Å². The van der Waals surface area contributed by atoms with Crippen molar-refractivity contribution in [1.29, 1.82) is 0 Å². The van der Waals surface area contributed by atoms with Crippen molar-refractivity contribution in [2.45, 2.75) is 38.8 Å². The number of piperazine rings is 1. The first-order valence-electron chi connectivity index (χ1n) is 6.94. The highest BCUT2D eigenvalue weighted by molar-refractivity contribution is 5.95. The molecule has 0 radical (unpaired) electrons. The molecule has 2 rings (SSSR count). The number of hydrogen-bond acceptors (Lipinski definition) is 3. The summed E-state index contributed by atoms with van der Waals surface area (Å²) in [6.07, 6.45) is 0. The molecule has 104 valence electrons. The van der Waals surface area contributed by atoms with Crippen LogP contribution < -0.4 is 16.0 Å². The molecule has 3 N–H and O–H groups in total. The van der Waals surface area contributed by atoms with Crippen molar-refractivity contribution in [1.82, 2.24) is 10.6 Å². The molecule has 4 nitrogen and oxygen atoms in total. The van der Waals surface area contributed by atoms with E-state index in [2.05, 4.69) is 48.9 Å². The van der Waals surface area contributed by atoms with Crippen molar-refractivity contribution in [2.75, 3.05) is 18.4 Å². The molecular formula is C15H23N3O. The van der Waals surface area contributed by atoms with Crippen molar-refractivity contribution in [3.63, 3.8) is 0 Å². The summed E-state index contributed by atoms with van der Waals surface area (Å²) in [5.74, 6) is 0.534. The molecule has 19 heavy (non-hydrogen) atoms. The fraction of sp³-hybridized carbons (Fsp3) is 0.533. The Morgan fingerprint density at radius 1 is 1.21 bits per heavy atom. The first-order valence-corrected chi connectivity index (χ1v) is 6.94. The summed E-state index contributed by atoms with van der Waals surface area (Å²) in [6, 6.07) is 8.33. The third-order valence-corrected chi connectivity index (χ3v) is 3.50. The predicted molar refractivity (Wildman–Crippen MR) is 78.4 cm³/mol. The van der Waals surface area contributed by atoms with E-state index in [1.165, 1.54) is 5.56 Å². The maximum Gasteiger partial charge on any atom is 0.242 e. The molecule has 0 spiro atoms. The van der Waals surface area contributed by atoms with Crippen LogP contribution in [0.15, 0.2) is 24.3 Å². The van der Waals surface area contributed by atoms with Crippen LogP contribution in [0.1, 0.15) is 32.3 Å². The lowest BCUT2D eigenvalue weighted by atomic mass is 10.0. The van der Waals surface area contributed by atoms with Crippen LogP contribution in [0, 0.1) is 0 Å². The van der Waals surface area contributed by atoms with Gasteiger partial charge in [0.1, 0.15) is 0 Å². The molecule has 1 aromatic rings. The highest BCUT2D eigenvalue weighted by Gasteiger charge is 2.23. The molecule has 0 aromatic heterocycles. The van der Waals surface area contributed by atoms with Gasteiger partial charge in [0.25, 0.3) is 0 Å². The number of anilines is 1. The third kappa shape index (κ3) is 3.78. The van der Waals surface area contributed by atoms with Gasteiger partial charge in [0.15, 0.2) is 0 Å². The fourth-order valence-corrected chi connectivity index (χ4v) is 2.15. The number of carbonyl (C=O) groups excluding carboxylic acids is 1. The largest absolute Gasteiger partial charge is 0.325 e. The van der Waals surface area contributed by atoms with E-state index in [-0.39, 0.29) is 11.9 Å². The van der Waals surface area contributed by atoms with E-state index < -0.39 is 0 Å². The quantitative estimate of drug-likeness (QED) is 0.776. The summed E-state index contributed by atoms with van der Waals surface area (Å²) in [6.45, 7) is 7.92. The van der Waals surface area contributed by atoms with Crippen molar-refractivity contribution < 1.29 is 4.79 Å². The first kappa shape index (κ1) is 14.0. The lowest BCUT2D eigenvalue weighted by Gasteiger charge is -2.28. The lowest BCUT2D eigenvalue weighted by Crippen LogP contribution is -2.57. The fourth-order valence-electron chi connectivity index (χ4n) is 2.15. The Kier molecular flexibility index (Phi) is 4.56. The van der Waals surface area contributed by atoms with Crippen LogP contribution in [-0.4, -0.2) is 31.1 Å². The zero-order chi connectivity index (χ0) is 13.8. The number of carbonyl (C=O) groups is 1. The predicted octanol–water partition coefficient (Wildman–Crippen LogP) is 1.70. The van der Waals surface area contributed by atoms with Crippen molar-refractivity contribution >= 4 is 11.6 Å². The van der Waals surface area contributed by atoms with Crippen LogP contribution in [0.4, 0.5) is 5.69 Å². The zero-order valence-corrected chi connectivity index (χ0v) is 11.9. The van der Waals surface area contributed by atoms with Crippen molar-refractivity contribution in [3.05, 3.63) is 29.8 Å². The Bertz CT molecular complexity index is 420. The third-order valence-electron chi connectivity index (χ3n) is 3.50. The van der Waals surface area contributed by atoms with Gasteiger partial charge in [0, 0.05) is 24.8 Å². The van der Waals surface area contributed by atoms with Gasteiger partial charge < -0.3 is 16.0 Å². The number of benzene rings is 1. The maximum absolute atomic E-state index is 12.1. The Hall–Kier alpha value is -1.39. The van der Waals surface area contributed by atoms with E-state index in [4.69, 9.17) is 0 Å². The van der Waals surface area contributed by atoms with Crippen LogP contribution in [0.3, 0.4) is 0 Å². The second-order valence-corrected chi connectivity index (χ2v) is 5.54. The van der Waals surface area contributed by atoms with Gasteiger partial charge in [-0.1, -0.05) is 26.0 Å². The van der Waals surface area contributed by atoms with Crippen LogP contribution in [-0.2, 0) is 4.79 Å². The molecule has 2 atom stereocenters. The van der Waals surface area contributed by atoms with Gasteiger partial charge in [-0.15, -0.1) is 0 Å². The first-order chi connectivity index (χ1) is 9.06. The summed E-state index contributed by atoms with van der Waals surface area (Å²) in [7, 11) is 0. The molecule has 1 saturated heterocycles. The average Bonchev–Trinajstić information content (AvgIpc) is 2.40. The molecule has 1 amide bonds. The van der Waals surface area contributed by atoms with Crippen LogP contribution in [0.5, 0.6) is 0 Å². The second-order valence-electron chi connectivity index (χ2n) is 5.54. The Balaban J connectivity index is 1.91. The molecule has 2 unspecified atom stereocenters. The van der Waals surface area contributed by atoms with E-state index in [1.807, 2.05) is 12.1 Å². The lowest BCUT2D eigenvalue weighted by molar-refractivity contribution is -0.118. The minimum atomic E-state index is -0.152. The summed E-state index contributed by atoms with van der Waals surface area (Å²) in [5.41, 5.74) is 2.14. The van der Waals surface area contributed by atoms with Gasteiger partial charge in [-0.3, -0.25) is 4.79 Å². The molecule has 1 aromatic carbocycles. The van der Waals surface area contributed by atoms with Gasteiger partial charge >= 0.3 is 0 Å². The summed E-state index contributed by atoms with van der Waals surface area (Å²) in [4.78, 5) is 12.1. The zero-order valence-electron chi connectivity index (χ0n) is 11.9. The number of hydrogen-bond donors (Lipinski definition) is 3. The SMILES string of the molecule is CC1CNC(C(=O)Nc2ccc(C(C)C)cc2)CN1. The van der Waals surface area contributed by atoms with E-state index in [1.54, 1.807) is 0 Å². The Labute approximate surface area is 115 Å². The van der Waals surface area contributed by atoms with Crippen LogP contribution in [0.25, 0.3) is 0 Å². The van der Waals surface area contributed by atoms with Crippen LogP contribution >= 0.6 is 0 Å². The number of nitrogens with one attached hydrogen (secondary N) is 3. The topological polar surface area (TPSA) is 53.2 Å². The molecule has 1 aliphatic heterocycles. The Morgan fingerprint density at radius 3 is 2.42 bits per heavy atom. The normalized spacial score (nSPS) is 23.4. The molecule has 0 aliphatic carbocycles. The molecule has 0 bridgehead atoms. The molecule has 1 heterocycles.